The quantitative estimate of drug-likeness (QED) is 0.179. The number of nitrogens with two attached hydrogens (primary N) is 1. The molecule has 0 heterocycles. The van der Waals surface area contributed by atoms with Crippen molar-refractivity contribution in [2.45, 2.75) is 115 Å². The van der Waals surface area contributed by atoms with Crippen molar-refractivity contribution in [1.29, 1.82) is 0 Å². The molecule has 0 aliphatic heterocycles. The molecule has 0 bridgehead atoms. The van der Waals surface area contributed by atoms with Crippen LogP contribution >= 0.6 is 0 Å². The maximum atomic E-state index is 9.37. The molecule has 0 saturated carbocycles. The number of hydrogen-bond acceptors (Lipinski definition) is 4. The molecule has 0 fully saturated rings. The Balaban J connectivity index is 3.21. The lowest BCUT2D eigenvalue weighted by molar-refractivity contribution is -0.222. The Labute approximate surface area is 149 Å². The summed E-state index contributed by atoms with van der Waals surface area (Å²) in [6, 6.07) is 0. The number of aliphatic hydroxyl groups is 3. The first-order chi connectivity index (χ1) is 11.5. The van der Waals surface area contributed by atoms with Crippen molar-refractivity contribution in [3.63, 3.8) is 0 Å². The van der Waals surface area contributed by atoms with E-state index in [4.69, 9.17) is 15.9 Å². The predicted octanol–water partition coefficient (Wildman–Crippen LogP) is 4.37. The third kappa shape index (κ3) is 16.4. The van der Waals surface area contributed by atoms with Gasteiger partial charge in [0.2, 0.25) is 5.91 Å². The van der Waals surface area contributed by atoms with Crippen molar-refractivity contribution in [2.75, 3.05) is 0 Å². The molecule has 0 amide bonds. The first kappa shape index (κ1) is 23.6. The van der Waals surface area contributed by atoms with Gasteiger partial charge in [-0.3, -0.25) is 5.73 Å². The van der Waals surface area contributed by atoms with Crippen LogP contribution in [0, 0.1) is 0 Å². The summed E-state index contributed by atoms with van der Waals surface area (Å²) in [5.74, 6) is -2.46. The largest absolute Gasteiger partial charge is 0.386 e. The van der Waals surface area contributed by atoms with Gasteiger partial charge in [0.15, 0.2) is 0 Å². The molecule has 0 aromatic carbocycles. The van der Waals surface area contributed by atoms with E-state index in [9.17, 15) is 5.11 Å². The average Bonchev–Trinajstić information content (AvgIpc) is 2.53. The molecule has 144 valence electrons. The van der Waals surface area contributed by atoms with E-state index in [1.807, 2.05) is 0 Å². The Morgan fingerprint density at radius 2 is 1.17 bits per heavy atom. The van der Waals surface area contributed by atoms with Crippen molar-refractivity contribution >= 4 is 0 Å². The van der Waals surface area contributed by atoms with Gasteiger partial charge in [0, 0.05) is 0 Å². The van der Waals surface area contributed by atoms with E-state index in [-0.39, 0.29) is 0 Å². The van der Waals surface area contributed by atoms with Crippen LogP contribution in [0.1, 0.15) is 103 Å². The predicted molar refractivity (Wildman–Crippen MR) is 101 cm³/mol. The Morgan fingerprint density at radius 3 is 1.62 bits per heavy atom. The smallest absolute Gasteiger partial charge is 0.247 e. The van der Waals surface area contributed by atoms with Gasteiger partial charge in [-0.1, -0.05) is 83.3 Å². The highest BCUT2D eigenvalue weighted by atomic mass is 16.5. The summed E-state index contributed by atoms with van der Waals surface area (Å²) in [4.78, 5) is 0. The monoisotopic (exact) mass is 343 g/mol. The Morgan fingerprint density at radius 1 is 0.750 bits per heavy atom. The summed E-state index contributed by atoms with van der Waals surface area (Å²) < 4.78 is 0. The molecule has 1 atom stereocenters. The van der Waals surface area contributed by atoms with Crippen LogP contribution in [0.25, 0.3) is 0 Å². The first-order valence-electron chi connectivity index (χ1n) is 10.0. The third-order valence-electron chi connectivity index (χ3n) is 4.48. The SMILES string of the molecule is CCCCCCCCC=CCCCCCCCCC(O)C(N)(O)O. The summed E-state index contributed by atoms with van der Waals surface area (Å²) in [6.07, 6.45) is 20.9. The minimum atomic E-state index is -2.46. The van der Waals surface area contributed by atoms with E-state index < -0.39 is 12.0 Å². The molecule has 0 aromatic rings. The van der Waals surface area contributed by atoms with Gasteiger partial charge in [-0.15, -0.1) is 0 Å². The van der Waals surface area contributed by atoms with Crippen LogP contribution in [0.5, 0.6) is 0 Å². The fraction of sp³-hybridized carbons (Fsp3) is 0.900. The minimum absolute atomic E-state index is 0.338. The van der Waals surface area contributed by atoms with Crippen molar-refractivity contribution < 1.29 is 15.3 Å². The molecule has 0 aliphatic rings. The maximum absolute atomic E-state index is 9.37. The number of rotatable bonds is 17. The second kappa shape index (κ2) is 16.1. The lowest BCUT2D eigenvalue weighted by Gasteiger charge is -2.22. The standard InChI is InChI=1S/C20H41NO3/c1-2-3-4-5-6-7-8-9-10-11-12-13-14-15-16-17-18-19(22)20(21,23)24/h9-10,19,22-24H,2-8,11-18,21H2,1H3. The molecular weight excluding hydrogens is 302 g/mol. The van der Waals surface area contributed by atoms with E-state index in [1.165, 1.54) is 70.6 Å². The fourth-order valence-electron chi connectivity index (χ4n) is 2.80. The molecule has 0 spiro atoms. The molecule has 0 aromatic heterocycles. The van der Waals surface area contributed by atoms with Crippen LogP contribution in [-0.2, 0) is 0 Å². The van der Waals surface area contributed by atoms with Crippen LogP contribution in [0.15, 0.2) is 12.2 Å². The van der Waals surface area contributed by atoms with Crippen LogP contribution in [0.4, 0.5) is 0 Å². The molecule has 24 heavy (non-hydrogen) atoms. The Hall–Kier alpha value is -0.420. The minimum Gasteiger partial charge on any atom is -0.386 e. The van der Waals surface area contributed by atoms with Crippen LogP contribution in [0.3, 0.4) is 0 Å². The van der Waals surface area contributed by atoms with Crippen LogP contribution in [-0.4, -0.2) is 27.3 Å². The summed E-state index contributed by atoms with van der Waals surface area (Å²) >= 11 is 0. The van der Waals surface area contributed by atoms with Crippen molar-refractivity contribution in [2.24, 2.45) is 5.73 Å². The van der Waals surface area contributed by atoms with Gasteiger partial charge in [0.05, 0.1) is 0 Å². The molecule has 0 saturated heterocycles. The summed E-state index contributed by atoms with van der Waals surface area (Å²) in [5.41, 5.74) is 5.00. The maximum Gasteiger partial charge on any atom is 0.247 e. The first-order valence-corrected chi connectivity index (χ1v) is 10.0. The molecule has 4 nitrogen and oxygen atoms in total. The Bertz CT molecular complexity index is 287. The van der Waals surface area contributed by atoms with Gasteiger partial charge in [-0.2, -0.15) is 0 Å². The number of aliphatic hydroxyl groups excluding tert-OH is 1. The zero-order valence-corrected chi connectivity index (χ0v) is 15.8. The zero-order chi connectivity index (χ0) is 18.1. The molecule has 4 heteroatoms. The highest BCUT2D eigenvalue weighted by Gasteiger charge is 2.26. The van der Waals surface area contributed by atoms with Crippen molar-refractivity contribution in [1.82, 2.24) is 0 Å². The van der Waals surface area contributed by atoms with Gasteiger partial charge in [0.1, 0.15) is 6.10 Å². The van der Waals surface area contributed by atoms with Gasteiger partial charge < -0.3 is 15.3 Å². The molecular formula is C20H41NO3. The van der Waals surface area contributed by atoms with E-state index in [2.05, 4.69) is 19.1 Å². The van der Waals surface area contributed by atoms with Crippen molar-refractivity contribution in [3.8, 4) is 0 Å². The lowest BCUT2D eigenvalue weighted by Crippen LogP contribution is -2.50. The van der Waals surface area contributed by atoms with Gasteiger partial charge >= 0.3 is 0 Å². The zero-order valence-electron chi connectivity index (χ0n) is 15.8. The summed E-state index contributed by atoms with van der Waals surface area (Å²) in [5, 5.41) is 27.3. The Kier molecular flexibility index (Phi) is 15.8. The third-order valence-corrected chi connectivity index (χ3v) is 4.48. The fourth-order valence-corrected chi connectivity index (χ4v) is 2.80. The molecule has 0 radical (unpaired) electrons. The number of allylic oxidation sites excluding steroid dienone is 2. The second-order valence-corrected chi connectivity index (χ2v) is 7.03. The number of unbranched alkanes of at least 4 members (excludes halogenated alkanes) is 12. The van der Waals surface area contributed by atoms with E-state index in [1.54, 1.807) is 0 Å². The van der Waals surface area contributed by atoms with E-state index in [0.717, 1.165) is 19.3 Å². The average molecular weight is 344 g/mol. The topological polar surface area (TPSA) is 86.7 Å². The summed E-state index contributed by atoms with van der Waals surface area (Å²) in [6.45, 7) is 2.26. The van der Waals surface area contributed by atoms with Crippen LogP contribution in [0.2, 0.25) is 0 Å². The lowest BCUT2D eigenvalue weighted by atomic mass is 10.0. The molecule has 0 aliphatic carbocycles. The molecule has 1 unspecified atom stereocenters. The summed E-state index contributed by atoms with van der Waals surface area (Å²) in [7, 11) is 0. The highest BCUT2D eigenvalue weighted by Crippen LogP contribution is 2.13. The highest BCUT2D eigenvalue weighted by molar-refractivity contribution is 4.81. The van der Waals surface area contributed by atoms with Gasteiger partial charge in [0.25, 0.3) is 0 Å². The second-order valence-electron chi connectivity index (χ2n) is 7.03. The normalized spacial score (nSPS) is 13.7. The number of hydrogen-bond donors (Lipinski definition) is 4. The van der Waals surface area contributed by atoms with Crippen LogP contribution < -0.4 is 5.73 Å². The van der Waals surface area contributed by atoms with Crippen molar-refractivity contribution in [3.05, 3.63) is 12.2 Å². The van der Waals surface area contributed by atoms with E-state index >= 15 is 0 Å². The van der Waals surface area contributed by atoms with Gasteiger partial charge in [-0.05, 0) is 32.1 Å². The molecule has 0 rings (SSSR count). The van der Waals surface area contributed by atoms with E-state index in [0.29, 0.717) is 6.42 Å². The molecule has 5 N–H and O–H groups in total. The van der Waals surface area contributed by atoms with Gasteiger partial charge in [-0.25, -0.2) is 0 Å².